The molecule has 0 radical (unpaired) electrons. The first-order chi connectivity index (χ1) is 9.60. The zero-order valence-corrected chi connectivity index (χ0v) is 10.6. The van der Waals surface area contributed by atoms with Crippen LogP contribution in [0.2, 0.25) is 0 Å². The third kappa shape index (κ3) is 1.76. The lowest BCUT2D eigenvalue weighted by molar-refractivity contribution is 0.414. The van der Waals surface area contributed by atoms with Crippen LogP contribution in [-0.4, -0.2) is 27.0 Å². The molecular formula is C13H12N4O3. The molecular weight excluding hydrogens is 260 g/mol. The standard InChI is InChI=1S/C13H12N4O3/c1-20-8-4-2-3-7(5-8)17-12(14)11-9(16-17)6-10(18)15-13(11)19/h2-6,18H,14H2,1H3,(H,15,19). The normalized spacial score (nSPS) is 10.8. The van der Waals surface area contributed by atoms with E-state index in [0.29, 0.717) is 17.0 Å². The van der Waals surface area contributed by atoms with E-state index in [1.54, 1.807) is 31.4 Å². The topological polar surface area (TPSA) is 106 Å². The number of H-pyrrole nitrogens is 1. The van der Waals surface area contributed by atoms with Crippen LogP contribution in [0, 0.1) is 0 Å². The van der Waals surface area contributed by atoms with Gasteiger partial charge in [0.05, 0.1) is 12.8 Å². The van der Waals surface area contributed by atoms with E-state index in [1.165, 1.54) is 10.7 Å². The Hall–Kier alpha value is -2.96. The third-order valence-corrected chi connectivity index (χ3v) is 2.99. The summed E-state index contributed by atoms with van der Waals surface area (Å²) in [4.78, 5) is 14.1. The second-order valence-electron chi connectivity index (χ2n) is 4.24. The fraction of sp³-hybridized carbons (Fsp3) is 0.0769. The first kappa shape index (κ1) is 12.1. The Balaban J connectivity index is 2.29. The largest absolute Gasteiger partial charge is 0.497 e. The molecule has 4 N–H and O–H groups in total. The molecule has 0 aliphatic heterocycles. The zero-order valence-electron chi connectivity index (χ0n) is 10.6. The van der Waals surface area contributed by atoms with E-state index in [1.807, 2.05) is 0 Å². The fourth-order valence-corrected chi connectivity index (χ4v) is 2.07. The number of ether oxygens (including phenoxy) is 1. The van der Waals surface area contributed by atoms with Crippen molar-refractivity contribution in [1.29, 1.82) is 0 Å². The van der Waals surface area contributed by atoms with Crippen molar-refractivity contribution in [1.82, 2.24) is 14.8 Å². The minimum atomic E-state index is -0.480. The molecule has 1 aromatic carbocycles. The average molecular weight is 272 g/mol. The molecule has 0 atom stereocenters. The molecule has 20 heavy (non-hydrogen) atoms. The predicted molar refractivity (Wildman–Crippen MR) is 74.3 cm³/mol. The number of fused-ring (bicyclic) bond motifs is 1. The van der Waals surface area contributed by atoms with Crippen molar-refractivity contribution in [3.05, 3.63) is 40.7 Å². The molecule has 0 amide bonds. The summed E-state index contributed by atoms with van der Waals surface area (Å²) in [6, 6.07) is 8.47. The lowest BCUT2D eigenvalue weighted by Gasteiger charge is -2.05. The summed E-state index contributed by atoms with van der Waals surface area (Å²) in [5.74, 6) is 0.602. The number of aromatic amines is 1. The summed E-state index contributed by atoms with van der Waals surface area (Å²) in [7, 11) is 1.56. The van der Waals surface area contributed by atoms with Crippen LogP contribution in [0.15, 0.2) is 35.1 Å². The third-order valence-electron chi connectivity index (χ3n) is 2.99. The molecule has 0 spiro atoms. The summed E-state index contributed by atoms with van der Waals surface area (Å²) < 4.78 is 6.58. The van der Waals surface area contributed by atoms with Crippen LogP contribution in [-0.2, 0) is 0 Å². The number of methoxy groups -OCH3 is 1. The Kier molecular flexibility index (Phi) is 2.60. The Bertz CT molecular complexity index is 850. The smallest absolute Gasteiger partial charge is 0.263 e. The molecule has 0 unspecified atom stereocenters. The van der Waals surface area contributed by atoms with Gasteiger partial charge in [-0.25, -0.2) is 4.68 Å². The van der Waals surface area contributed by atoms with Crippen molar-refractivity contribution < 1.29 is 9.84 Å². The van der Waals surface area contributed by atoms with Crippen LogP contribution in [0.5, 0.6) is 11.6 Å². The number of anilines is 1. The van der Waals surface area contributed by atoms with Gasteiger partial charge >= 0.3 is 0 Å². The van der Waals surface area contributed by atoms with Gasteiger partial charge in [-0.1, -0.05) is 6.07 Å². The van der Waals surface area contributed by atoms with Crippen LogP contribution in [0.25, 0.3) is 16.6 Å². The SMILES string of the molecule is COc1cccc(-n2nc3cc(O)[nH]c(=O)c3c2N)c1. The maximum Gasteiger partial charge on any atom is 0.263 e. The number of nitrogens with zero attached hydrogens (tertiary/aromatic N) is 2. The first-order valence-electron chi connectivity index (χ1n) is 5.85. The van der Waals surface area contributed by atoms with Gasteiger partial charge in [0.15, 0.2) is 5.88 Å². The zero-order chi connectivity index (χ0) is 14.3. The highest BCUT2D eigenvalue weighted by Crippen LogP contribution is 2.24. The van der Waals surface area contributed by atoms with Crippen molar-refractivity contribution in [2.24, 2.45) is 0 Å². The number of rotatable bonds is 2. The quantitative estimate of drug-likeness (QED) is 0.645. The maximum atomic E-state index is 11.8. The first-order valence-corrected chi connectivity index (χ1v) is 5.85. The molecule has 0 bridgehead atoms. The number of hydrogen-bond donors (Lipinski definition) is 3. The molecule has 2 aromatic heterocycles. The molecule has 7 nitrogen and oxygen atoms in total. The number of benzene rings is 1. The molecule has 7 heteroatoms. The van der Waals surface area contributed by atoms with E-state index < -0.39 is 5.56 Å². The molecule has 0 fully saturated rings. The van der Waals surface area contributed by atoms with Gasteiger partial charge in [0.1, 0.15) is 22.5 Å². The molecule has 2 heterocycles. The summed E-state index contributed by atoms with van der Waals surface area (Å²) >= 11 is 0. The minimum absolute atomic E-state index is 0.203. The average Bonchev–Trinajstić information content (AvgIpc) is 2.76. The molecule has 3 aromatic rings. The monoisotopic (exact) mass is 272 g/mol. The Labute approximate surface area is 113 Å². The molecule has 0 aliphatic rings. The predicted octanol–water partition coefficient (Wildman–Crippen LogP) is 1.01. The van der Waals surface area contributed by atoms with E-state index in [2.05, 4.69) is 10.1 Å². The number of aromatic nitrogens is 3. The Morgan fingerprint density at radius 2 is 2.20 bits per heavy atom. The number of aromatic hydroxyl groups is 1. The second-order valence-corrected chi connectivity index (χ2v) is 4.24. The fourth-order valence-electron chi connectivity index (χ4n) is 2.07. The van der Waals surface area contributed by atoms with Crippen molar-refractivity contribution in [2.75, 3.05) is 12.8 Å². The van der Waals surface area contributed by atoms with Crippen molar-refractivity contribution in [3.63, 3.8) is 0 Å². The van der Waals surface area contributed by atoms with Gasteiger partial charge in [-0.15, -0.1) is 0 Å². The number of nitrogens with two attached hydrogens (primary N) is 1. The van der Waals surface area contributed by atoms with Gasteiger partial charge in [-0.3, -0.25) is 9.78 Å². The summed E-state index contributed by atoms with van der Waals surface area (Å²) in [6.07, 6.45) is 0. The van der Waals surface area contributed by atoms with Crippen LogP contribution in [0.1, 0.15) is 0 Å². The highest BCUT2D eigenvalue weighted by molar-refractivity contribution is 5.89. The lowest BCUT2D eigenvalue weighted by atomic mass is 10.3. The maximum absolute atomic E-state index is 11.8. The van der Waals surface area contributed by atoms with Crippen LogP contribution in [0.3, 0.4) is 0 Å². The van der Waals surface area contributed by atoms with Gasteiger partial charge in [0.2, 0.25) is 0 Å². The molecule has 0 aliphatic carbocycles. The van der Waals surface area contributed by atoms with Gasteiger partial charge < -0.3 is 15.6 Å². The van der Waals surface area contributed by atoms with Crippen molar-refractivity contribution >= 4 is 16.7 Å². The van der Waals surface area contributed by atoms with E-state index in [9.17, 15) is 9.90 Å². The lowest BCUT2D eigenvalue weighted by Crippen LogP contribution is -2.07. The highest BCUT2D eigenvalue weighted by atomic mass is 16.5. The van der Waals surface area contributed by atoms with E-state index in [0.717, 1.165) is 0 Å². The van der Waals surface area contributed by atoms with Gasteiger partial charge in [0, 0.05) is 12.1 Å². The highest BCUT2D eigenvalue weighted by Gasteiger charge is 2.14. The summed E-state index contributed by atoms with van der Waals surface area (Å²) in [5, 5.41) is 13.9. The van der Waals surface area contributed by atoms with Crippen LogP contribution in [0.4, 0.5) is 5.82 Å². The van der Waals surface area contributed by atoms with Gasteiger partial charge in [-0.05, 0) is 12.1 Å². The molecule has 102 valence electrons. The van der Waals surface area contributed by atoms with E-state index in [4.69, 9.17) is 10.5 Å². The number of nitrogens with one attached hydrogen (secondary N) is 1. The van der Waals surface area contributed by atoms with Gasteiger partial charge in [0.25, 0.3) is 5.56 Å². The van der Waals surface area contributed by atoms with Crippen LogP contribution < -0.4 is 16.0 Å². The summed E-state index contributed by atoms with van der Waals surface area (Å²) in [6.45, 7) is 0. The minimum Gasteiger partial charge on any atom is -0.497 e. The summed E-state index contributed by atoms with van der Waals surface area (Å²) in [5.41, 5.74) is 6.48. The molecule has 3 rings (SSSR count). The van der Waals surface area contributed by atoms with E-state index >= 15 is 0 Å². The van der Waals surface area contributed by atoms with Gasteiger partial charge in [-0.2, -0.15) is 5.10 Å². The Morgan fingerprint density at radius 1 is 1.40 bits per heavy atom. The number of hydrogen-bond acceptors (Lipinski definition) is 5. The number of pyridine rings is 1. The Morgan fingerprint density at radius 3 is 2.95 bits per heavy atom. The van der Waals surface area contributed by atoms with Crippen molar-refractivity contribution in [2.45, 2.75) is 0 Å². The molecule has 0 saturated carbocycles. The van der Waals surface area contributed by atoms with E-state index in [-0.39, 0.29) is 17.1 Å². The van der Waals surface area contributed by atoms with Crippen LogP contribution >= 0.6 is 0 Å². The molecule has 0 saturated heterocycles. The number of nitrogen functional groups attached to an aromatic ring is 1. The van der Waals surface area contributed by atoms with Crippen molar-refractivity contribution in [3.8, 4) is 17.3 Å². The second kappa shape index (κ2) is 4.30.